The maximum atomic E-state index is 12.7. The van der Waals surface area contributed by atoms with Crippen LogP contribution in [0.2, 0.25) is 0 Å². The van der Waals surface area contributed by atoms with Gasteiger partial charge >= 0.3 is 0 Å². The molecule has 0 radical (unpaired) electrons. The third-order valence-corrected chi connectivity index (χ3v) is 6.96. The van der Waals surface area contributed by atoms with Crippen LogP contribution in [0.25, 0.3) is 22.0 Å². The predicted octanol–water partition coefficient (Wildman–Crippen LogP) is 2.66. The molecule has 0 bridgehead atoms. The van der Waals surface area contributed by atoms with Gasteiger partial charge in [0.1, 0.15) is 0 Å². The van der Waals surface area contributed by atoms with E-state index in [1.54, 1.807) is 36.8 Å². The van der Waals surface area contributed by atoms with Crippen molar-refractivity contribution < 1.29 is 8.42 Å². The first-order chi connectivity index (χ1) is 14.5. The van der Waals surface area contributed by atoms with Crippen molar-refractivity contribution in [2.24, 2.45) is 0 Å². The van der Waals surface area contributed by atoms with Gasteiger partial charge in [0.2, 0.25) is 10.0 Å². The molecule has 0 aliphatic heterocycles. The molecule has 0 saturated carbocycles. The standard InChI is InChI=1S/C22H20N4O3S/c27-22-19-5-2-1-4-18(19)20-13-15-12-16(6-7-17(15)21(20)25-22)30(28,29)24-8-3-10-26-11-9-23-14-26/h1-2,4-7,9,11-12,14,24H,3,8,10,13H2,(H,25,27). The number of aromatic nitrogens is 3. The Bertz CT molecular complexity index is 1410. The molecule has 2 aromatic carbocycles. The lowest BCUT2D eigenvalue weighted by Crippen LogP contribution is -2.25. The molecule has 2 heterocycles. The van der Waals surface area contributed by atoms with Gasteiger partial charge in [-0.1, -0.05) is 24.3 Å². The van der Waals surface area contributed by atoms with Crippen LogP contribution in [-0.4, -0.2) is 29.5 Å². The fourth-order valence-corrected chi connectivity index (χ4v) is 5.16. The summed E-state index contributed by atoms with van der Waals surface area (Å²) in [6.45, 7) is 1.04. The van der Waals surface area contributed by atoms with Crippen LogP contribution in [0.1, 0.15) is 17.5 Å². The summed E-state index contributed by atoms with van der Waals surface area (Å²) in [6, 6.07) is 12.6. The molecule has 4 aromatic rings. The maximum Gasteiger partial charge on any atom is 0.256 e. The van der Waals surface area contributed by atoms with Crippen LogP contribution in [0.5, 0.6) is 0 Å². The number of aryl methyl sites for hydroxylation is 1. The van der Waals surface area contributed by atoms with Crippen molar-refractivity contribution >= 4 is 20.8 Å². The molecule has 7 nitrogen and oxygen atoms in total. The zero-order valence-electron chi connectivity index (χ0n) is 16.1. The molecule has 0 atom stereocenters. The molecule has 1 aliphatic carbocycles. The SMILES string of the molecule is O=c1[nH]c2c(c3ccccc13)Cc1cc(S(=O)(=O)NCCCn3ccnc3)ccc1-2. The van der Waals surface area contributed by atoms with E-state index in [1.807, 2.05) is 29.0 Å². The monoisotopic (exact) mass is 420 g/mol. The Labute approximate surface area is 173 Å². The van der Waals surface area contributed by atoms with Crippen LogP contribution >= 0.6 is 0 Å². The number of imidazole rings is 1. The quantitative estimate of drug-likeness (QED) is 0.413. The Morgan fingerprint density at radius 3 is 2.77 bits per heavy atom. The van der Waals surface area contributed by atoms with E-state index in [0.717, 1.165) is 27.8 Å². The van der Waals surface area contributed by atoms with Crippen LogP contribution in [0, 0.1) is 0 Å². The van der Waals surface area contributed by atoms with Crippen molar-refractivity contribution in [1.29, 1.82) is 0 Å². The Hall–Kier alpha value is -3.23. The normalized spacial score (nSPS) is 12.8. The number of nitrogens with one attached hydrogen (secondary N) is 2. The van der Waals surface area contributed by atoms with E-state index in [2.05, 4.69) is 14.7 Å². The second-order valence-corrected chi connectivity index (χ2v) is 9.17. The van der Waals surface area contributed by atoms with Gasteiger partial charge in [-0.25, -0.2) is 18.1 Å². The highest BCUT2D eigenvalue weighted by Crippen LogP contribution is 2.38. The minimum Gasteiger partial charge on any atom is -0.337 e. The van der Waals surface area contributed by atoms with E-state index in [0.29, 0.717) is 31.3 Å². The van der Waals surface area contributed by atoms with Crippen LogP contribution in [0.15, 0.2) is 70.9 Å². The Kier molecular flexibility index (Phi) is 4.52. The van der Waals surface area contributed by atoms with Gasteiger partial charge in [0.15, 0.2) is 0 Å². The summed E-state index contributed by atoms with van der Waals surface area (Å²) < 4.78 is 30.1. The van der Waals surface area contributed by atoms with E-state index in [1.165, 1.54) is 0 Å². The maximum absolute atomic E-state index is 12.7. The summed E-state index contributed by atoms with van der Waals surface area (Å²) in [7, 11) is -3.61. The van der Waals surface area contributed by atoms with Gasteiger partial charge in [0.25, 0.3) is 5.56 Å². The van der Waals surface area contributed by atoms with Gasteiger partial charge in [0, 0.05) is 42.9 Å². The minimum absolute atomic E-state index is 0.131. The molecular formula is C22H20N4O3S. The lowest BCUT2D eigenvalue weighted by atomic mass is 10.0. The molecule has 1 aliphatic rings. The van der Waals surface area contributed by atoms with Gasteiger partial charge in [-0.2, -0.15) is 0 Å². The molecule has 0 spiro atoms. The third-order valence-electron chi connectivity index (χ3n) is 5.51. The van der Waals surface area contributed by atoms with Crippen molar-refractivity contribution in [3.63, 3.8) is 0 Å². The summed E-state index contributed by atoms with van der Waals surface area (Å²) >= 11 is 0. The molecule has 0 saturated heterocycles. The second kappa shape index (κ2) is 7.23. The number of sulfonamides is 1. The first-order valence-corrected chi connectivity index (χ1v) is 11.2. The van der Waals surface area contributed by atoms with Gasteiger partial charge in [-0.15, -0.1) is 0 Å². The zero-order chi connectivity index (χ0) is 20.7. The number of benzene rings is 2. The number of aromatic amines is 1. The summed E-state index contributed by atoms with van der Waals surface area (Å²) in [4.78, 5) is 19.6. The molecule has 30 heavy (non-hydrogen) atoms. The second-order valence-electron chi connectivity index (χ2n) is 7.40. The van der Waals surface area contributed by atoms with Gasteiger partial charge in [0.05, 0.1) is 16.9 Å². The Morgan fingerprint density at radius 1 is 1.13 bits per heavy atom. The van der Waals surface area contributed by atoms with E-state index in [9.17, 15) is 13.2 Å². The zero-order valence-corrected chi connectivity index (χ0v) is 16.9. The molecule has 0 unspecified atom stereocenters. The molecule has 152 valence electrons. The van der Waals surface area contributed by atoms with E-state index in [-0.39, 0.29) is 10.5 Å². The summed E-state index contributed by atoms with van der Waals surface area (Å²) in [5, 5.41) is 1.56. The van der Waals surface area contributed by atoms with Gasteiger partial charge < -0.3 is 9.55 Å². The summed E-state index contributed by atoms with van der Waals surface area (Å²) in [6.07, 6.45) is 6.51. The smallest absolute Gasteiger partial charge is 0.256 e. The van der Waals surface area contributed by atoms with Crippen LogP contribution in [0.3, 0.4) is 0 Å². The number of H-pyrrole nitrogens is 1. The first-order valence-electron chi connectivity index (χ1n) is 9.75. The van der Waals surface area contributed by atoms with Crippen molar-refractivity contribution in [3.05, 3.63) is 82.7 Å². The number of pyridine rings is 1. The molecule has 0 amide bonds. The Balaban J connectivity index is 1.39. The third kappa shape index (κ3) is 3.24. The highest BCUT2D eigenvalue weighted by Gasteiger charge is 2.25. The number of nitrogens with zero attached hydrogens (tertiary/aromatic N) is 2. The molecule has 2 aromatic heterocycles. The highest BCUT2D eigenvalue weighted by atomic mass is 32.2. The number of hydrogen-bond donors (Lipinski definition) is 2. The lowest BCUT2D eigenvalue weighted by molar-refractivity contribution is 0.569. The van der Waals surface area contributed by atoms with Crippen molar-refractivity contribution in [3.8, 4) is 11.3 Å². The van der Waals surface area contributed by atoms with E-state index in [4.69, 9.17) is 0 Å². The van der Waals surface area contributed by atoms with Crippen LogP contribution in [0.4, 0.5) is 0 Å². The average Bonchev–Trinajstić information content (AvgIpc) is 3.39. The summed E-state index contributed by atoms with van der Waals surface area (Å²) in [5.41, 5.74) is 3.47. The van der Waals surface area contributed by atoms with Crippen molar-refractivity contribution in [1.82, 2.24) is 19.3 Å². The largest absolute Gasteiger partial charge is 0.337 e. The van der Waals surface area contributed by atoms with Crippen molar-refractivity contribution in [2.45, 2.75) is 24.3 Å². The topological polar surface area (TPSA) is 96.9 Å². The molecule has 8 heteroatoms. The minimum atomic E-state index is -3.61. The molecule has 5 rings (SSSR count). The fraction of sp³-hybridized carbons (Fsp3) is 0.182. The summed E-state index contributed by atoms with van der Waals surface area (Å²) in [5.74, 6) is 0. The number of rotatable bonds is 6. The van der Waals surface area contributed by atoms with Crippen LogP contribution < -0.4 is 10.3 Å². The van der Waals surface area contributed by atoms with Crippen LogP contribution in [-0.2, 0) is 23.0 Å². The molecule has 2 N–H and O–H groups in total. The first kappa shape index (κ1) is 18.8. The predicted molar refractivity (Wildman–Crippen MR) is 115 cm³/mol. The fourth-order valence-electron chi connectivity index (χ4n) is 4.04. The van der Waals surface area contributed by atoms with E-state index < -0.39 is 10.0 Å². The average molecular weight is 420 g/mol. The lowest BCUT2D eigenvalue weighted by Gasteiger charge is -2.09. The Morgan fingerprint density at radius 2 is 1.97 bits per heavy atom. The van der Waals surface area contributed by atoms with Gasteiger partial charge in [-0.05, 0) is 41.1 Å². The number of fused-ring (bicyclic) bond motifs is 5. The van der Waals surface area contributed by atoms with Crippen molar-refractivity contribution in [2.75, 3.05) is 6.54 Å². The van der Waals surface area contributed by atoms with E-state index >= 15 is 0 Å². The highest BCUT2D eigenvalue weighted by molar-refractivity contribution is 7.89. The number of hydrogen-bond acceptors (Lipinski definition) is 4. The molecular weight excluding hydrogens is 400 g/mol. The van der Waals surface area contributed by atoms with Gasteiger partial charge in [-0.3, -0.25) is 4.79 Å². The molecule has 0 fully saturated rings.